The summed E-state index contributed by atoms with van der Waals surface area (Å²) in [6.45, 7) is 2.17. The van der Waals surface area contributed by atoms with Crippen LogP contribution in [-0.2, 0) is 28.9 Å². The van der Waals surface area contributed by atoms with Gasteiger partial charge in [0.15, 0.2) is 0 Å². The van der Waals surface area contributed by atoms with Gasteiger partial charge in [-0.3, -0.25) is 4.79 Å². The second kappa shape index (κ2) is 7.22. The van der Waals surface area contributed by atoms with Crippen molar-refractivity contribution in [3.8, 4) is 5.75 Å². The van der Waals surface area contributed by atoms with Crippen molar-refractivity contribution >= 4 is 22.5 Å². The summed E-state index contributed by atoms with van der Waals surface area (Å²) in [4.78, 5) is 12.5. The third kappa shape index (κ3) is 3.30. The highest BCUT2D eigenvalue weighted by atomic mass is 16.5. The Morgan fingerprint density at radius 1 is 1.27 bits per heavy atom. The van der Waals surface area contributed by atoms with Gasteiger partial charge in [0.1, 0.15) is 5.75 Å². The van der Waals surface area contributed by atoms with Gasteiger partial charge in [-0.05, 0) is 35.4 Å². The molecule has 1 aliphatic rings. The number of nitrogens with one attached hydrogen (secondary N) is 1. The normalized spacial score (nSPS) is 12.8. The van der Waals surface area contributed by atoms with Crippen LogP contribution in [-0.4, -0.2) is 30.8 Å². The van der Waals surface area contributed by atoms with Crippen molar-refractivity contribution in [1.29, 1.82) is 0 Å². The monoisotopic (exact) mass is 350 g/mol. The molecule has 2 heterocycles. The summed E-state index contributed by atoms with van der Waals surface area (Å²) < 4.78 is 12.9. The van der Waals surface area contributed by atoms with Gasteiger partial charge in [-0.25, -0.2) is 0 Å². The molecule has 5 nitrogen and oxygen atoms in total. The second-order valence-electron chi connectivity index (χ2n) is 6.51. The van der Waals surface area contributed by atoms with Crippen molar-refractivity contribution in [3.63, 3.8) is 0 Å². The van der Waals surface area contributed by atoms with E-state index in [0.717, 1.165) is 47.5 Å². The summed E-state index contributed by atoms with van der Waals surface area (Å²) in [7, 11) is 1.70. The van der Waals surface area contributed by atoms with E-state index in [0.29, 0.717) is 13.0 Å². The van der Waals surface area contributed by atoms with Crippen molar-refractivity contribution < 1.29 is 14.3 Å². The number of methoxy groups -OCH3 is 1. The van der Waals surface area contributed by atoms with Gasteiger partial charge in [0.25, 0.3) is 0 Å². The first-order valence-corrected chi connectivity index (χ1v) is 8.86. The van der Waals surface area contributed by atoms with E-state index in [-0.39, 0.29) is 5.91 Å². The van der Waals surface area contributed by atoms with E-state index < -0.39 is 0 Å². The van der Waals surface area contributed by atoms with E-state index >= 15 is 0 Å². The fourth-order valence-corrected chi connectivity index (χ4v) is 3.42. The lowest BCUT2D eigenvalue weighted by Crippen LogP contribution is -2.14. The van der Waals surface area contributed by atoms with E-state index in [1.807, 2.05) is 36.5 Å². The Labute approximate surface area is 152 Å². The topological polar surface area (TPSA) is 52.5 Å². The summed E-state index contributed by atoms with van der Waals surface area (Å²) in [5, 5.41) is 4.08. The van der Waals surface area contributed by atoms with E-state index in [2.05, 4.69) is 22.0 Å². The zero-order valence-corrected chi connectivity index (χ0v) is 14.8. The highest BCUT2D eigenvalue weighted by Crippen LogP contribution is 2.27. The highest BCUT2D eigenvalue weighted by Gasteiger charge is 2.14. The first-order chi connectivity index (χ1) is 12.7. The molecule has 1 aliphatic heterocycles. The van der Waals surface area contributed by atoms with Crippen LogP contribution in [0.1, 0.15) is 11.1 Å². The number of amides is 1. The fourth-order valence-electron chi connectivity index (χ4n) is 3.42. The van der Waals surface area contributed by atoms with Crippen LogP contribution in [0, 0.1) is 0 Å². The number of hydrogen-bond donors (Lipinski definition) is 1. The van der Waals surface area contributed by atoms with Crippen molar-refractivity contribution in [2.45, 2.75) is 19.4 Å². The zero-order chi connectivity index (χ0) is 17.9. The maximum absolute atomic E-state index is 12.5. The van der Waals surface area contributed by atoms with Gasteiger partial charge in [0.2, 0.25) is 5.91 Å². The van der Waals surface area contributed by atoms with E-state index in [1.54, 1.807) is 7.11 Å². The molecule has 0 aliphatic carbocycles. The van der Waals surface area contributed by atoms with Crippen LogP contribution in [0.2, 0.25) is 0 Å². The Morgan fingerprint density at radius 2 is 2.19 bits per heavy atom. The SMILES string of the molecule is COCCn1ccc2c(NC(=O)Cc3ccc4c(c3)OCC4)cccc21. The molecule has 0 saturated heterocycles. The molecule has 0 fully saturated rings. The van der Waals surface area contributed by atoms with Gasteiger partial charge < -0.3 is 19.4 Å². The Balaban J connectivity index is 1.50. The number of anilines is 1. The van der Waals surface area contributed by atoms with Gasteiger partial charge in [0, 0.05) is 31.7 Å². The molecule has 0 spiro atoms. The first kappa shape index (κ1) is 16.7. The summed E-state index contributed by atoms with van der Waals surface area (Å²) in [6.07, 6.45) is 3.30. The third-order valence-corrected chi connectivity index (χ3v) is 4.75. The maximum Gasteiger partial charge on any atom is 0.228 e. The molecule has 0 atom stereocenters. The predicted octanol–water partition coefficient (Wildman–Crippen LogP) is 3.40. The number of fused-ring (bicyclic) bond motifs is 2. The number of nitrogens with zero attached hydrogens (tertiary/aromatic N) is 1. The van der Waals surface area contributed by atoms with E-state index in [4.69, 9.17) is 9.47 Å². The lowest BCUT2D eigenvalue weighted by Gasteiger charge is -2.09. The Morgan fingerprint density at radius 3 is 3.08 bits per heavy atom. The van der Waals surface area contributed by atoms with E-state index in [9.17, 15) is 4.79 Å². The van der Waals surface area contributed by atoms with Gasteiger partial charge in [-0.1, -0.05) is 18.2 Å². The van der Waals surface area contributed by atoms with E-state index in [1.165, 1.54) is 5.56 Å². The highest BCUT2D eigenvalue weighted by molar-refractivity contribution is 6.02. The molecule has 2 aromatic carbocycles. The molecule has 3 aromatic rings. The standard InChI is InChI=1S/C21H22N2O3/c1-25-12-10-23-9-7-17-18(3-2-4-19(17)23)22-21(24)14-15-5-6-16-8-11-26-20(16)13-15/h2-7,9,13H,8,10-12,14H2,1H3,(H,22,24). The Kier molecular flexibility index (Phi) is 4.63. The molecule has 0 saturated carbocycles. The fraction of sp³-hybridized carbons (Fsp3) is 0.286. The summed E-state index contributed by atoms with van der Waals surface area (Å²) in [5.41, 5.74) is 4.11. The number of benzene rings is 2. The van der Waals surface area contributed by atoms with Crippen LogP contribution in [0.5, 0.6) is 5.75 Å². The smallest absolute Gasteiger partial charge is 0.228 e. The minimum atomic E-state index is -0.0277. The largest absolute Gasteiger partial charge is 0.493 e. The number of aromatic nitrogens is 1. The quantitative estimate of drug-likeness (QED) is 0.741. The molecule has 0 unspecified atom stereocenters. The number of ether oxygens (including phenoxy) is 2. The molecule has 1 aromatic heterocycles. The van der Waals surface area contributed by atoms with Crippen LogP contribution >= 0.6 is 0 Å². The molecule has 134 valence electrons. The number of carbonyl (C=O) groups excluding carboxylic acids is 1. The lowest BCUT2D eigenvalue weighted by atomic mass is 10.1. The van der Waals surface area contributed by atoms with Crippen LogP contribution in [0.15, 0.2) is 48.7 Å². The van der Waals surface area contributed by atoms with Crippen LogP contribution in [0.4, 0.5) is 5.69 Å². The maximum atomic E-state index is 12.5. The third-order valence-electron chi connectivity index (χ3n) is 4.75. The van der Waals surface area contributed by atoms with Gasteiger partial charge in [-0.15, -0.1) is 0 Å². The number of hydrogen-bond acceptors (Lipinski definition) is 3. The molecule has 0 radical (unpaired) electrons. The predicted molar refractivity (Wildman–Crippen MR) is 102 cm³/mol. The minimum absolute atomic E-state index is 0.0277. The van der Waals surface area contributed by atoms with Crippen molar-refractivity contribution in [3.05, 3.63) is 59.8 Å². The van der Waals surface area contributed by atoms with Crippen molar-refractivity contribution in [2.24, 2.45) is 0 Å². The molecule has 0 bridgehead atoms. The molecular weight excluding hydrogens is 328 g/mol. The van der Waals surface area contributed by atoms with Gasteiger partial charge >= 0.3 is 0 Å². The van der Waals surface area contributed by atoms with Crippen LogP contribution in [0.3, 0.4) is 0 Å². The van der Waals surface area contributed by atoms with Crippen molar-refractivity contribution in [2.75, 3.05) is 25.6 Å². The summed E-state index contributed by atoms with van der Waals surface area (Å²) >= 11 is 0. The molecule has 4 rings (SSSR count). The molecule has 1 amide bonds. The number of rotatable bonds is 6. The second-order valence-corrected chi connectivity index (χ2v) is 6.51. The average molecular weight is 350 g/mol. The first-order valence-electron chi connectivity index (χ1n) is 8.86. The lowest BCUT2D eigenvalue weighted by molar-refractivity contribution is -0.115. The Bertz CT molecular complexity index is 946. The van der Waals surface area contributed by atoms with Crippen LogP contribution < -0.4 is 10.1 Å². The van der Waals surface area contributed by atoms with Gasteiger partial charge in [0.05, 0.1) is 30.8 Å². The summed E-state index contributed by atoms with van der Waals surface area (Å²) in [5.74, 6) is 0.882. The van der Waals surface area contributed by atoms with Crippen molar-refractivity contribution in [1.82, 2.24) is 4.57 Å². The molecule has 26 heavy (non-hydrogen) atoms. The molecule has 1 N–H and O–H groups in total. The number of carbonyl (C=O) groups is 1. The van der Waals surface area contributed by atoms with Gasteiger partial charge in [-0.2, -0.15) is 0 Å². The average Bonchev–Trinajstić information content (AvgIpc) is 3.26. The molecular formula is C21H22N2O3. The minimum Gasteiger partial charge on any atom is -0.493 e. The molecule has 5 heteroatoms. The summed E-state index contributed by atoms with van der Waals surface area (Å²) in [6, 6.07) is 14.0. The zero-order valence-electron chi connectivity index (χ0n) is 14.8. The Hall–Kier alpha value is -2.79. The van der Waals surface area contributed by atoms with Crippen LogP contribution in [0.25, 0.3) is 10.9 Å².